The highest BCUT2D eigenvalue weighted by molar-refractivity contribution is 6.48. The second-order valence-corrected chi connectivity index (χ2v) is 6.62. The number of phenols is 2. The molecule has 0 spiro atoms. The van der Waals surface area contributed by atoms with Crippen LogP contribution in [0.1, 0.15) is 57.1 Å². The lowest BCUT2D eigenvalue weighted by Gasteiger charge is -2.33. The molecule has 4 radical (unpaired) electrons. The molecule has 1 aromatic rings. The fourth-order valence-corrected chi connectivity index (χ4v) is 3.51. The molecule has 1 aliphatic carbocycles. The van der Waals surface area contributed by atoms with E-state index in [9.17, 15) is 10.2 Å². The Balaban J connectivity index is 2.52. The topological polar surface area (TPSA) is 40.5 Å². The zero-order valence-corrected chi connectivity index (χ0v) is 14.3. The van der Waals surface area contributed by atoms with Crippen LogP contribution in [0, 0.1) is 5.92 Å². The molecule has 1 aliphatic rings. The smallest absolute Gasteiger partial charge is 0.123 e. The van der Waals surface area contributed by atoms with Gasteiger partial charge in [0.1, 0.15) is 11.5 Å². The second kappa shape index (κ2) is 7.33. The molecule has 2 rings (SSSR count). The minimum Gasteiger partial charge on any atom is -0.507 e. The lowest BCUT2D eigenvalue weighted by molar-refractivity contribution is 0.405. The summed E-state index contributed by atoms with van der Waals surface area (Å²) in [5, 5.41) is 21.3. The third-order valence-corrected chi connectivity index (χ3v) is 4.83. The van der Waals surface area contributed by atoms with Crippen LogP contribution in [0.2, 0.25) is 0 Å². The Morgan fingerprint density at radius 1 is 1.22 bits per heavy atom. The molecule has 0 amide bonds. The van der Waals surface area contributed by atoms with Gasteiger partial charge in [-0.1, -0.05) is 30.6 Å². The SMILES string of the molecule is [B]C([B])=C(C)C1CCC(C)=CC1c1c(O)cc(CCC)cc1O. The second-order valence-electron chi connectivity index (χ2n) is 6.62. The maximum atomic E-state index is 10.5. The van der Waals surface area contributed by atoms with E-state index in [0.29, 0.717) is 10.9 Å². The molecule has 2 N–H and O–H groups in total. The molecular weight excluding hydrogens is 282 g/mol. The number of hydrogen-bond donors (Lipinski definition) is 2. The summed E-state index contributed by atoms with van der Waals surface area (Å²) in [5.74, 6) is 0.287. The molecule has 0 aliphatic heterocycles. The Bertz CT molecular complexity index is 620. The van der Waals surface area contributed by atoms with Gasteiger partial charge < -0.3 is 10.2 Å². The highest BCUT2D eigenvalue weighted by atomic mass is 16.3. The van der Waals surface area contributed by atoms with Gasteiger partial charge >= 0.3 is 0 Å². The first-order valence-electron chi connectivity index (χ1n) is 8.28. The first-order chi connectivity index (χ1) is 10.8. The van der Waals surface area contributed by atoms with E-state index >= 15 is 0 Å². The monoisotopic (exact) mass is 306 g/mol. The first-order valence-corrected chi connectivity index (χ1v) is 8.28. The van der Waals surface area contributed by atoms with Crippen molar-refractivity contribution in [3.63, 3.8) is 0 Å². The molecule has 23 heavy (non-hydrogen) atoms. The Morgan fingerprint density at radius 2 is 1.83 bits per heavy atom. The third kappa shape index (κ3) is 3.85. The summed E-state index contributed by atoms with van der Waals surface area (Å²) in [4.78, 5) is 0. The highest BCUT2D eigenvalue weighted by Gasteiger charge is 2.30. The van der Waals surface area contributed by atoms with Crippen molar-refractivity contribution in [2.75, 3.05) is 0 Å². The fraction of sp³-hybridized carbons (Fsp3) is 0.474. The van der Waals surface area contributed by atoms with E-state index in [-0.39, 0.29) is 23.3 Å². The summed E-state index contributed by atoms with van der Waals surface area (Å²) in [7, 11) is 11.6. The van der Waals surface area contributed by atoms with Crippen molar-refractivity contribution in [1.82, 2.24) is 0 Å². The van der Waals surface area contributed by atoms with Crippen molar-refractivity contribution in [2.45, 2.75) is 52.4 Å². The molecule has 2 unspecified atom stereocenters. The number of aromatic hydroxyl groups is 2. The van der Waals surface area contributed by atoms with Crippen LogP contribution in [-0.4, -0.2) is 25.9 Å². The van der Waals surface area contributed by atoms with Crippen molar-refractivity contribution < 1.29 is 10.2 Å². The van der Waals surface area contributed by atoms with E-state index < -0.39 is 0 Å². The van der Waals surface area contributed by atoms with Gasteiger partial charge in [-0.15, -0.1) is 0 Å². The number of allylic oxidation sites excluding steroid dienone is 3. The van der Waals surface area contributed by atoms with Gasteiger partial charge in [0.05, 0.1) is 15.7 Å². The predicted molar refractivity (Wildman–Crippen MR) is 97.2 cm³/mol. The minimum absolute atomic E-state index is 0.0949. The standard InChI is InChI=1S/C19H24B2O2/c1-4-5-13-9-16(22)18(17(23)10-13)15-8-11(2)6-7-14(15)12(3)19(20)21/h8-10,14-15,22-23H,4-7H2,1-3H3. The van der Waals surface area contributed by atoms with E-state index in [0.717, 1.165) is 36.8 Å². The van der Waals surface area contributed by atoms with E-state index in [2.05, 4.69) is 19.9 Å². The average molecular weight is 306 g/mol. The molecule has 0 saturated heterocycles. The van der Waals surface area contributed by atoms with E-state index in [4.69, 9.17) is 15.7 Å². The molecule has 0 aromatic heterocycles. The predicted octanol–water partition coefficient (Wildman–Crippen LogP) is 4.06. The number of hydrogen-bond acceptors (Lipinski definition) is 2. The van der Waals surface area contributed by atoms with Crippen LogP contribution in [-0.2, 0) is 6.42 Å². The third-order valence-electron chi connectivity index (χ3n) is 4.83. The Morgan fingerprint density at radius 3 is 2.35 bits per heavy atom. The van der Waals surface area contributed by atoms with Crippen molar-refractivity contribution >= 4 is 15.7 Å². The average Bonchev–Trinajstić information content (AvgIpc) is 2.46. The van der Waals surface area contributed by atoms with E-state index in [1.54, 1.807) is 12.1 Å². The van der Waals surface area contributed by atoms with Crippen LogP contribution in [0.5, 0.6) is 11.5 Å². The Hall–Kier alpha value is -1.57. The van der Waals surface area contributed by atoms with Gasteiger partial charge in [-0.25, -0.2) is 0 Å². The zero-order chi connectivity index (χ0) is 17.1. The quantitative estimate of drug-likeness (QED) is 0.650. The lowest BCUT2D eigenvalue weighted by Crippen LogP contribution is -2.19. The molecule has 1 aromatic carbocycles. The van der Waals surface area contributed by atoms with Gasteiger partial charge in [-0.3, -0.25) is 0 Å². The van der Waals surface area contributed by atoms with Gasteiger partial charge in [0.2, 0.25) is 0 Å². The normalized spacial score (nSPS) is 20.9. The number of rotatable bonds is 4. The molecular formula is C19H24B2O2. The lowest BCUT2D eigenvalue weighted by atomic mass is 9.66. The van der Waals surface area contributed by atoms with Crippen LogP contribution in [0.15, 0.2) is 34.7 Å². The highest BCUT2D eigenvalue weighted by Crippen LogP contribution is 2.47. The van der Waals surface area contributed by atoms with Crippen LogP contribution in [0.3, 0.4) is 0 Å². The summed E-state index contributed by atoms with van der Waals surface area (Å²) >= 11 is 0. The van der Waals surface area contributed by atoms with Gasteiger partial charge in [0, 0.05) is 11.5 Å². The van der Waals surface area contributed by atoms with Crippen molar-refractivity contribution in [3.8, 4) is 11.5 Å². The first kappa shape index (κ1) is 17.8. The van der Waals surface area contributed by atoms with Crippen LogP contribution < -0.4 is 0 Å². The minimum atomic E-state index is -0.110. The molecule has 2 atom stereocenters. The number of phenolic OH excluding ortho intramolecular Hbond substituents is 2. The molecule has 0 fully saturated rings. The summed E-state index contributed by atoms with van der Waals surface area (Å²) in [6.07, 6.45) is 5.80. The summed E-state index contributed by atoms with van der Waals surface area (Å²) in [6, 6.07) is 3.52. The summed E-state index contributed by atoms with van der Waals surface area (Å²) in [5.41, 5.74) is 3.71. The van der Waals surface area contributed by atoms with Gasteiger partial charge in [-0.2, -0.15) is 5.37 Å². The molecule has 4 heteroatoms. The molecule has 0 saturated carbocycles. The molecule has 2 nitrogen and oxygen atoms in total. The van der Waals surface area contributed by atoms with Crippen LogP contribution in [0.25, 0.3) is 0 Å². The zero-order valence-electron chi connectivity index (χ0n) is 14.3. The van der Waals surface area contributed by atoms with Crippen LogP contribution in [0.4, 0.5) is 0 Å². The van der Waals surface area contributed by atoms with Gasteiger partial charge in [0.15, 0.2) is 0 Å². The summed E-state index contributed by atoms with van der Waals surface area (Å²) in [6.45, 7) is 6.08. The van der Waals surface area contributed by atoms with Crippen molar-refractivity contribution in [2.24, 2.45) is 5.92 Å². The fourth-order valence-electron chi connectivity index (χ4n) is 3.51. The summed E-state index contributed by atoms with van der Waals surface area (Å²) < 4.78 is 0. The van der Waals surface area contributed by atoms with E-state index in [1.807, 2.05) is 6.92 Å². The molecule has 118 valence electrons. The van der Waals surface area contributed by atoms with Gasteiger partial charge in [0.25, 0.3) is 0 Å². The van der Waals surface area contributed by atoms with Crippen molar-refractivity contribution in [3.05, 3.63) is 45.9 Å². The largest absolute Gasteiger partial charge is 0.507 e. The number of aryl methyl sites for hydroxylation is 1. The van der Waals surface area contributed by atoms with Crippen LogP contribution >= 0.6 is 0 Å². The Kier molecular flexibility index (Phi) is 5.67. The van der Waals surface area contributed by atoms with Crippen molar-refractivity contribution in [1.29, 1.82) is 0 Å². The maximum Gasteiger partial charge on any atom is 0.123 e. The van der Waals surface area contributed by atoms with E-state index in [1.165, 1.54) is 5.57 Å². The Labute approximate surface area is 142 Å². The van der Waals surface area contributed by atoms with Gasteiger partial charge in [-0.05, 0) is 56.7 Å². The molecule has 0 bridgehead atoms. The maximum absolute atomic E-state index is 10.5. The number of benzene rings is 1. The molecule has 0 heterocycles.